The molecule has 0 bridgehead atoms. The van der Waals surface area contributed by atoms with E-state index in [4.69, 9.17) is 0 Å². The number of carbonyl (C=O) groups excluding carboxylic acids is 1. The van der Waals surface area contributed by atoms with Gasteiger partial charge in [-0.2, -0.15) is 0 Å². The van der Waals surface area contributed by atoms with E-state index in [1.54, 1.807) is 6.08 Å². The molecular weight excluding hydrogens is 344 g/mol. The van der Waals surface area contributed by atoms with E-state index in [1.807, 2.05) is 0 Å². The SMILES string of the molecule is CC(C)=CCC/C(C)=C/CC[C@H](C)/C=C/C(=O)NC[C@@H]1CCN2CCCC[C@H]12. The molecule has 3 heteroatoms. The summed E-state index contributed by atoms with van der Waals surface area (Å²) in [7, 11) is 0. The first-order valence-corrected chi connectivity index (χ1v) is 11.4. The number of piperidine rings is 1. The van der Waals surface area contributed by atoms with E-state index in [1.165, 1.54) is 49.9 Å². The molecule has 3 nitrogen and oxygen atoms in total. The minimum Gasteiger partial charge on any atom is -0.352 e. The second kappa shape index (κ2) is 12.3. The Labute approximate surface area is 173 Å². The molecule has 0 aliphatic carbocycles. The predicted molar refractivity (Wildman–Crippen MR) is 120 cm³/mol. The van der Waals surface area contributed by atoms with Gasteiger partial charge in [-0.15, -0.1) is 0 Å². The van der Waals surface area contributed by atoms with E-state index in [0.29, 0.717) is 17.9 Å². The smallest absolute Gasteiger partial charge is 0.243 e. The Morgan fingerprint density at radius 1 is 1.11 bits per heavy atom. The van der Waals surface area contributed by atoms with Crippen molar-refractivity contribution in [1.82, 2.24) is 10.2 Å². The third-order valence-electron chi connectivity index (χ3n) is 6.32. The molecule has 0 radical (unpaired) electrons. The molecule has 0 aromatic rings. The average Bonchev–Trinajstić information content (AvgIpc) is 3.07. The highest BCUT2D eigenvalue weighted by Gasteiger charge is 2.35. The largest absolute Gasteiger partial charge is 0.352 e. The van der Waals surface area contributed by atoms with Gasteiger partial charge in [0.25, 0.3) is 0 Å². The van der Waals surface area contributed by atoms with Crippen molar-refractivity contribution in [3.63, 3.8) is 0 Å². The van der Waals surface area contributed by atoms with Crippen LogP contribution in [0.1, 0.15) is 79.1 Å². The van der Waals surface area contributed by atoms with E-state index >= 15 is 0 Å². The first-order valence-electron chi connectivity index (χ1n) is 11.4. The van der Waals surface area contributed by atoms with Gasteiger partial charge in [-0.1, -0.05) is 42.7 Å². The standard InChI is InChI=1S/C25H42N2O/c1-20(2)9-7-10-21(3)11-8-12-22(4)14-15-25(28)26-19-23-16-18-27-17-6-5-13-24(23)27/h9,11,14-15,22-24H,5-8,10,12-13,16-19H2,1-4H3,(H,26,28)/b15-14+,21-11+/t22-,23-,24+/m0/s1. The van der Waals surface area contributed by atoms with Crippen LogP contribution in [-0.4, -0.2) is 36.5 Å². The van der Waals surface area contributed by atoms with Crippen molar-refractivity contribution in [1.29, 1.82) is 0 Å². The molecule has 2 fully saturated rings. The molecule has 0 aromatic carbocycles. The number of allylic oxidation sites excluding steroid dienone is 5. The van der Waals surface area contributed by atoms with Gasteiger partial charge in [-0.3, -0.25) is 4.79 Å². The van der Waals surface area contributed by atoms with E-state index in [2.05, 4.69) is 56.1 Å². The molecule has 2 heterocycles. The molecule has 2 aliphatic heterocycles. The first kappa shape index (κ1) is 22.9. The summed E-state index contributed by atoms with van der Waals surface area (Å²) >= 11 is 0. The minimum atomic E-state index is 0.0783. The fourth-order valence-corrected chi connectivity index (χ4v) is 4.51. The summed E-state index contributed by atoms with van der Waals surface area (Å²) in [6, 6.07) is 0.712. The monoisotopic (exact) mass is 386 g/mol. The van der Waals surface area contributed by atoms with Gasteiger partial charge in [0, 0.05) is 12.6 Å². The quantitative estimate of drug-likeness (QED) is 0.389. The van der Waals surface area contributed by atoms with Gasteiger partial charge in [0.1, 0.15) is 0 Å². The van der Waals surface area contributed by atoms with Crippen LogP contribution in [0.25, 0.3) is 0 Å². The van der Waals surface area contributed by atoms with Crippen molar-refractivity contribution in [2.24, 2.45) is 11.8 Å². The first-order chi connectivity index (χ1) is 13.5. The van der Waals surface area contributed by atoms with Gasteiger partial charge in [-0.25, -0.2) is 0 Å². The molecule has 0 aromatic heterocycles. The molecule has 2 aliphatic rings. The lowest BCUT2D eigenvalue weighted by Crippen LogP contribution is -2.40. The number of hydrogen-bond acceptors (Lipinski definition) is 2. The van der Waals surface area contributed by atoms with Gasteiger partial charge in [-0.05, 0) is 96.7 Å². The lowest BCUT2D eigenvalue weighted by atomic mass is 9.93. The highest BCUT2D eigenvalue weighted by Crippen LogP contribution is 2.31. The number of hydrogen-bond donors (Lipinski definition) is 1. The zero-order valence-electron chi connectivity index (χ0n) is 18.7. The molecule has 3 atom stereocenters. The van der Waals surface area contributed by atoms with Crippen LogP contribution in [-0.2, 0) is 4.79 Å². The second-order valence-electron chi connectivity index (χ2n) is 9.18. The lowest BCUT2D eigenvalue weighted by molar-refractivity contribution is -0.116. The van der Waals surface area contributed by atoms with Crippen LogP contribution in [0.3, 0.4) is 0 Å². The summed E-state index contributed by atoms with van der Waals surface area (Å²) in [5.74, 6) is 1.16. The molecule has 0 saturated carbocycles. The highest BCUT2D eigenvalue weighted by atomic mass is 16.1. The van der Waals surface area contributed by atoms with Crippen LogP contribution in [0.4, 0.5) is 0 Å². The Morgan fingerprint density at radius 3 is 2.71 bits per heavy atom. The van der Waals surface area contributed by atoms with Gasteiger partial charge < -0.3 is 10.2 Å². The van der Waals surface area contributed by atoms with Crippen molar-refractivity contribution >= 4 is 5.91 Å². The molecule has 1 N–H and O–H groups in total. The van der Waals surface area contributed by atoms with Gasteiger partial charge in [0.05, 0.1) is 0 Å². The molecule has 158 valence electrons. The summed E-state index contributed by atoms with van der Waals surface area (Å²) < 4.78 is 0. The van der Waals surface area contributed by atoms with Crippen LogP contribution < -0.4 is 5.32 Å². The summed E-state index contributed by atoms with van der Waals surface area (Å²) in [5, 5.41) is 3.15. The Morgan fingerprint density at radius 2 is 1.93 bits per heavy atom. The number of carbonyl (C=O) groups is 1. The van der Waals surface area contributed by atoms with E-state index < -0.39 is 0 Å². The zero-order chi connectivity index (χ0) is 20.4. The number of fused-ring (bicyclic) bond motifs is 1. The fourth-order valence-electron chi connectivity index (χ4n) is 4.51. The predicted octanol–water partition coefficient (Wildman–Crippen LogP) is 5.64. The molecule has 2 saturated heterocycles. The molecule has 1 amide bonds. The van der Waals surface area contributed by atoms with Gasteiger partial charge in [0.2, 0.25) is 5.91 Å². The van der Waals surface area contributed by atoms with Gasteiger partial charge in [0.15, 0.2) is 0 Å². The molecule has 2 rings (SSSR count). The number of rotatable bonds is 10. The third kappa shape index (κ3) is 8.34. The van der Waals surface area contributed by atoms with Crippen molar-refractivity contribution in [2.45, 2.75) is 85.1 Å². The Bertz CT molecular complexity index is 571. The number of amides is 1. The molecule has 0 spiro atoms. The van der Waals surface area contributed by atoms with Crippen LogP contribution >= 0.6 is 0 Å². The topological polar surface area (TPSA) is 32.3 Å². The van der Waals surface area contributed by atoms with Crippen molar-refractivity contribution in [2.75, 3.05) is 19.6 Å². The van der Waals surface area contributed by atoms with Crippen molar-refractivity contribution in [3.8, 4) is 0 Å². The maximum Gasteiger partial charge on any atom is 0.243 e. The second-order valence-corrected chi connectivity index (χ2v) is 9.18. The van der Waals surface area contributed by atoms with E-state index in [-0.39, 0.29) is 5.91 Å². The van der Waals surface area contributed by atoms with Crippen LogP contribution in [0.5, 0.6) is 0 Å². The van der Waals surface area contributed by atoms with Crippen LogP contribution in [0.2, 0.25) is 0 Å². The molecule has 28 heavy (non-hydrogen) atoms. The fraction of sp³-hybridized carbons (Fsp3) is 0.720. The Kier molecular flexibility index (Phi) is 10.0. The van der Waals surface area contributed by atoms with Crippen LogP contribution in [0.15, 0.2) is 35.5 Å². The zero-order valence-corrected chi connectivity index (χ0v) is 18.7. The molecular formula is C25H42N2O. The highest BCUT2D eigenvalue weighted by molar-refractivity contribution is 5.87. The normalized spacial score (nSPS) is 24.2. The maximum atomic E-state index is 12.2. The minimum absolute atomic E-state index is 0.0783. The maximum absolute atomic E-state index is 12.2. The van der Waals surface area contributed by atoms with Crippen molar-refractivity contribution < 1.29 is 4.79 Å². The van der Waals surface area contributed by atoms with E-state index in [0.717, 1.165) is 32.2 Å². The summed E-state index contributed by atoms with van der Waals surface area (Å²) in [6.07, 6.45) is 18.2. The van der Waals surface area contributed by atoms with Gasteiger partial charge >= 0.3 is 0 Å². The van der Waals surface area contributed by atoms with Crippen LogP contribution in [0, 0.1) is 11.8 Å². The van der Waals surface area contributed by atoms with E-state index in [9.17, 15) is 4.79 Å². The lowest BCUT2D eigenvalue weighted by Gasteiger charge is -2.32. The molecule has 0 unspecified atom stereocenters. The van der Waals surface area contributed by atoms with Crippen molar-refractivity contribution in [3.05, 3.63) is 35.5 Å². The average molecular weight is 387 g/mol. The summed E-state index contributed by atoms with van der Waals surface area (Å²) in [6.45, 7) is 12.1. The summed E-state index contributed by atoms with van der Waals surface area (Å²) in [4.78, 5) is 14.8. The number of nitrogens with zero attached hydrogens (tertiary/aromatic N) is 1. The summed E-state index contributed by atoms with van der Waals surface area (Å²) in [5.41, 5.74) is 2.87. The number of nitrogens with one attached hydrogen (secondary N) is 1. The Hall–Kier alpha value is -1.35. The Balaban J connectivity index is 1.61. The third-order valence-corrected chi connectivity index (χ3v) is 6.32.